The predicted molar refractivity (Wildman–Crippen MR) is 119 cm³/mol. The molecule has 4 nitrogen and oxygen atoms in total. The van der Waals surface area contributed by atoms with E-state index in [4.69, 9.17) is 0 Å². The molecule has 5 heteroatoms. The van der Waals surface area contributed by atoms with E-state index < -0.39 is 11.5 Å². The van der Waals surface area contributed by atoms with Crippen molar-refractivity contribution in [3.8, 4) is 0 Å². The van der Waals surface area contributed by atoms with Crippen molar-refractivity contribution in [2.24, 2.45) is 0 Å². The number of amides is 1. The number of hydrogen-bond donors (Lipinski definition) is 1. The molecule has 1 unspecified atom stereocenters. The molecule has 0 saturated carbocycles. The molecular weight excluding hydrogens is 394 g/mol. The van der Waals surface area contributed by atoms with Crippen molar-refractivity contribution in [3.63, 3.8) is 0 Å². The summed E-state index contributed by atoms with van der Waals surface area (Å²) in [5.41, 5.74) is -0.213. The minimum atomic E-state index is -1.87. The third-order valence-corrected chi connectivity index (χ3v) is 6.50. The summed E-state index contributed by atoms with van der Waals surface area (Å²) in [5.74, 6) is -0.707. The van der Waals surface area contributed by atoms with Crippen LogP contribution in [0.3, 0.4) is 0 Å². The third kappa shape index (κ3) is 2.95. The third-order valence-electron chi connectivity index (χ3n) is 5.64. The predicted octanol–water partition coefficient (Wildman–Crippen LogP) is 4.91. The normalized spacial score (nSPS) is 18.0. The van der Waals surface area contributed by atoms with E-state index in [-0.39, 0.29) is 12.2 Å². The van der Waals surface area contributed by atoms with Gasteiger partial charge in [-0.05, 0) is 28.3 Å². The molecule has 0 bridgehead atoms. The fraction of sp³-hybridized carbons (Fsp3) is 0.120. The second-order valence-electron chi connectivity index (χ2n) is 7.47. The first-order valence-electron chi connectivity index (χ1n) is 9.75. The average molecular weight is 413 g/mol. The van der Waals surface area contributed by atoms with Gasteiger partial charge < -0.3 is 10.0 Å². The zero-order chi connectivity index (χ0) is 20.7. The van der Waals surface area contributed by atoms with Crippen molar-refractivity contribution < 1.29 is 14.7 Å². The Bertz CT molecular complexity index is 1260. The fourth-order valence-electron chi connectivity index (χ4n) is 4.19. The highest BCUT2D eigenvalue weighted by Gasteiger charge is 2.50. The minimum absolute atomic E-state index is 0.254. The lowest BCUT2D eigenvalue weighted by Crippen LogP contribution is -2.41. The van der Waals surface area contributed by atoms with E-state index in [1.807, 2.05) is 66.0 Å². The molecule has 4 aromatic rings. The van der Waals surface area contributed by atoms with Crippen LogP contribution in [0.1, 0.15) is 27.2 Å². The van der Waals surface area contributed by atoms with Crippen LogP contribution in [0.4, 0.5) is 5.69 Å². The van der Waals surface area contributed by atoms with Crippen molar-refractivity contribution >= 4 is 39.5 Å². The number of fused-ring (bicyclic) bond motifs is 2. The summed E-state index contributed by atoms with van der Waals surface area (Å²) in [4.78, 5) is 29.2. The molecule has 0 aliphatic carbocycles. The number of rotatable bonds is 5. The van der Waals surface area contributed by atoms with Crippen molar-refractivity contribution in [2.45, 2.75) is 18.6 Å². The lowest BCUT2D eigenvalue weighted by Gasteiger charge is -2.23. The van der Waals surface area contributed by atoms with Crippen LogP contribution >= 0.6 is 11.3 Å². The van der Waals surface area contributed by atoms with E-state index in [1.54, 1.807) is 34.4 Å². The van der Waals surface area contributed by atoms with Gasteiger partial charge in [0.1, 0.15) is 0 Å². The first-order chi connectivity index (χ1) is 14.6. The topological polar surface area (TPSA) is 57.6 Å². The van der Waals surface area contributed by atoms with Gasteiger partial charge in [-0.3, -0.25) is 9.59 Å². The molecule has 1 atom stereocenters. The van der Waals surface area contributed by atoms with Crippen LogP contribution in [-0.2, 0) is 16.9 Å². The van der Waals surface area contributed by atoms with Gasteiger partial charge in [0.25, 0.3) is 5.91 Å². The maximum Gasteiger partial charge on any atom is 0.264 e. The molecule has 1 amide bonds. The number of benzene rings is 3. The number of carbonyl (C=O) groups is 2. The van der Waals surface area contributed by atoms with Gasteiger partial charge in [-0.25, -0.2) is 0 Å². The summed E-state index contributed by atoms with van der Waals surface area (Å²) in [6.07, 6.45) is -0.294. The summed E-state index contributed by atoms with van der Waals surface area (Å²) in [5, 5.41) is 15.2. The van der Waals surface area contributed by atoms with Crippen molar-refractivity contribution in [2.75, 3.05) is 4.90 Å². The van der Waals surface area contributed by atoms with E-state index in [2.05, 4.69) is 0 Å². The molecule has 1 aromatic heterocycles. The zero-order valence-corrected chi connectivity index (χ0v) is 16.9. The van der Waals surface area contributed by atoms with E-state index in [9.17, 15) is 14.7 Å². The number of para-hydroxylation sites is 1. The molecular formula is C25H19NO3S. The Hall–Kier alpha value is -3.28. The average Bonchev–Trinajstić information content (AvgIpc) is 3.36. The van der Waals surface area contributed by atoms with Crippen LogP contribution in [0.15, 0.2) is 84.2 Å². The molecule has 0 fully saturated rings. The molecule has 3 aromatic carbocycles. The van der Waals surface area contributed by atoms with Gasteiger partial charge in [0.15, 0.2) is 11.4 Å². The largest absolute Gasteiger partial charge is 0.375 e. The van der Waals surface area contributed by atoms with Crippen molar-refractivity contribution in [1.82, 2.24) is 0 Å². The summed E-state index contributed by atoms with van der Waals surface area (Å²) in [6, 6.07) is 24.2. The number of nitrogens with zero attached hydrogens (tertiary/aromatic N) is 1. The van der Waals surface area contributed by atoms with Gasteiger partial charge in [0.2, 0.25) is 0 Å². The lowest BCUT2D eigenvalue weighted by molar-refractivity contribution is -0.136. The summed E-state index contributed by atoms with van der Waals surface area (Å²) in [7, 11) is 0. The Kier molecular flexibility index (Phi) is 4.50. The standard InChI is InChI=1S/C25H19NO3S/c27-23(20-11-5-8-17-7-1-2-10-19(17)20)15-25(29)21-12-3-4-13-22(21)26(24(25)28)16-18-9-6-14-30-18/h1-14,29H,15-16H2. The monoisotopic (exact) mass is 413 g/mol. The molecule has 0 radical (unpaired) electrons. The smallest absolute Gasteiger partial charge is 0.264 e. The van der Waals surface area contributed by atoms with E-state index in [0.29, 0.717) is 23.4 Å². The van der Waals surface area contributed by atoms with Gasteiger partial charge in [0.05, 0.1) is 18.7 Å². The fourth-order valence-corrected chi connectivity index (χ4v) is 4.88. The highest BCUT2D eigenvalue weighted by Crippen LogP contribution is 2.44. The van der Waals surface area contributed by atoms with Gasteiger partial charge in [-0.2, -0.15) is 0 Å². The molecule has 0 saturated heterocycles. The van der Waals surface area contributed by atoms with E-state index in [1.165, 1.54) is 0 Å². The van der Waals surface area contributed by atoms with Crippen LogP contribution in [-0.4, -0.2) is 16.8 Å². The molecule has 30 heavy (non-hydrogen) atoms. The number of hydrogen-bond acceptors (Lipinski definition) is 4. The van der Waals surface area contributed by atoms with Crippen LogP contribution in [0.2, 0.25) is 0 Å². The molecule has 1 aliphatic rings. The summed E-state index contributed by atoms with van der Waals surface area (Å²) < 4.78 is 0. The number of anilines is 1. The lowest BCUT2D eigenvalue weighted by atomic mass is 9.87. The molecule has 148 valence electrons. The highest BCUT2D eigenvalue weighted by molar-refractivity contribution is 7.09. The Morgan fingerprint density at radius 2 is 1.70 bits per heavy atom. The zero-order valence-electron chi connectivity index (χ0n) is 16.1. The van der Waals surface area contributed by atoms with Gasteiger partial charge in [-0.1, -0.05) is 66.7 Å². The number of aliphatic hydroxyl groups is 1. The van der Waals surface area contributed by atoms with Crippen LogP contribution in [0, 0.1) is 0 Å². The summed E-state index contributed by atoms with van der Waals surface area (Å²) >= 11 is 1.56. The first-order valence-corrected chi connectivity index (χ1v) is 10.6. The number of Topliss-reactive ketones (excluding diaryl/α,β-unsaturated/α-hetero) is 1. The molecule has 2 heterocycles. The van der Waals surface area contributed by atoms with Crippen LogP contribution in [0.25, 0.3) is 10.8 Å². The highest BCUT2D eigenvalue weighted by atomic mass is 32.1. The number of ketones is 1. The quantitative estimate of drug-likeness (QED) is 0.473. The molecule has 5 rings (SSSR count). The molecule has 0 spiro atoms. The van der Waals surface area contributed by atoms with Gasteiger partial charge in [-0.15, -0.1) is 11.3 Å². The van der Waals surface area contributed by atoms with Crippen LogP contribution < -0.4 is 4.90 Å². The first kappa shape index (κ1) is 18.7. The number of thiophene rings is 1. The molecule has 1 aliphatic heterocycles. The van der Waals surface area contributed by atoms with E-state index >= 15 is 0 Å². The Labute approximate surface area is 178 Å². The van der Waals surface area contributed by atoms with Crippen molar-refractivity contribution in [3.05, 3.63) is 100 Å². The Morgan fingerprint density at radius 1 is 0.933 bits per heavy atom. The summed E-state index contributed by atoms with van der Waals surface area (Å²) in [6.45, 7) is 0.373. The number of carbonyl (C=O) groups excluding carboxylic acids is 2. The minimum Gasteiger partial charge on any atom is -0.375 e. The van der Waals surface area contributed by atoms with Gasteiger partial charge in [0, 0.05) is 16.0 Å². The Morgan fingerprint density at radius 3 is 2.53 bits per heavy atom. The molecule has 1 N–H and O–H groups in total. The Balaban J connectivity index is 1.53. The maximum absolute atomic E-state index is 13.4. The second kappa shape index (κ2) is 7.20. The van der Waals surface area contributed by atoms with Crippen molar-refractivity contribution in [1.29, 1.82) is 0 Å². The van der Waals surface area contributed by atoms with Gasteiger partial charge >= 0.3 is 0 Å². The maximum atomic E-state index is 13.4. The SMILES string of the molecule is O=C(CC1(O)C(=O)N(Cc2cccs2)c2ccccc21)c1cccc2ccccc12. The van der Waals surface area contributed by atoms with Crippen LogP contribution in [0.5, 0.6) is 0 Å². The van der Waals surface area contributed by atoms with E-state index in [0.717, 1.165) is 15.6 Å². The second-order valence-corrected chi connectivity index (χ2v) is 8.51.